The summed E-state index contributed by atoms with van der Waals surface area (Å²) in [6.07, 6.45) is 0. The molecule has 2 amide bonds. The Bertz CT molecular complexity index is 794. The molecule has 1 aromatic heterocycles. The van der Waals surface area contributed by atoms with Gasteiger partial charge in [-0.15, -0.1) is 11.3 Å². The van der Waals surface area contributed by atoms with Gasteiger partial charge in [-0.1, -0.05) is 42.5 Å². The van der Waals surface area contributed by atoms with E-state index in [9.17, 15) is 4.79 Å². The van der Waals surface area contributed by atoms with E-state index in [0.717, 1.165) is 11.1 Å². The van der Waals surface area contributed by atoms with Gasteiger partial charge in [-0.05, 0) is 40.4 Å². The van der Waals surface area contributed by atoms with E-state index in [4.69, 9.17) is 0 Å². The predicted molar refractivity (Wildman–Crippen MR) is 92.1 cm³/mol. The number of thiophene rings is 1. The number of hydrogen-bond donors (Lipinski definition) is 2. The van der Waals surface area contributed by atoms with Crippen LogP contribution in [0.2, 0.25) is 0 Å². The zero-order valence-electron chi connectivity index (χ0n) is 12.4. The largest absolute Gasteiger partial charge is 0.334 e. The lowest BCUT2D eigenvalue weighted by Crippen LogP contribution is -2.34. The van der Waals surface area contributed by atoms with E-state index < -0.39 is 0 Å². The van der Waals surface area contributed by atoms with Gasteiger partial charge in [-0.2, -0.15) is 0 Å². The van der Waals surface area contributed by atoms with Crippen LogP contribution in [0.25, 0.3) is 10.1 Å². The number of fused-ring (bicyclic) bond motifs is 1. The molecular weight excluding hydrogens is 292 g/mol. The van der Waals surface area contributed by atoms with E-state index in [1.807, 2.05) is 43.3 Å². The molecule has 3 rings (SSSR count). The summed E-state index contributed by atoms with van der Waals surface area (Å²) in [7, 11) is 0. The van der Waals surface area contributed by atoms with Crippen molar-refractivity contribution in [2.45, 2.75) is 20.0 Å². The van der Waals surface area contributed by atoms with Crippen molar-refractivity contribution >= 4 is 27.5 Å². The quantitative estimate of drug-likeness (QED) is 0.744. The third kappa shape index (κ3) is 3.28. The number of rotatable bonds is 4. The van der Waals surface area contributed by atoms with E-state index in [0.29, 0.717) is 13.1 Å². The molecule has 1 heterocycles. The van der Waals surface area contributed by atoms with Gasteiger partial charge in [0.25, 0.3) is 0 Å². The van der Waals surface area contributed by atoms with E-state index in [1.54, 1.807) is 11.3 Å². The Balaban J connectivity index is 1.55. The van der Waals surface area contributed by atoms with Crippen molar-refractivity contribution in [2.75, 3.05) is 0 Å². The van der Waals surface area contributed by atoms with Crippen LogP contribution in [-0.2, 0) is 13.1 Å². The molecule has 0 saturated carbocycles. The number of hydrogen-bond acceptors (Lipinski definition) is 2. The number of carbonyl (C=O) groups excluding carboxylic acids is 1. The SMILES string of the molecule is Cc1ccccc1CNC(=O)NCc1csc2ccccc12. The molecule has 3 nitrogen and oxygen atoms in total. The first kappa shape index (κ1) is 14.6. The fraction of sp³-hybridized carbons (Fsp3) is 0.167. The Hall–Kier alpha value is -2.33. The van der Waals surface area contributed by atoms with Crippen molar-refractivity contribution < 1.29 is 4.79 Å². The molecule has 2 aromatic carbocycles. The normalized spacial score (nSPS) is 10.6. The molecule has 0 saturated heterocycles. The van der Waals surface area contributed by atoms with Crippen LogP contribution in [0.1, 0.15) is 16.7 Å². The second-order valence-corrected chi connectivity index (χ2v) is 6.13. The van der Waals surface area contributed by atoms with Crippen molar-refractivity contribution in [1.82, 2.24) is 10.6 Å². The molecule has 0 aliphatic rings. The van der Waals surface area contributed by atoms with Crippen LogP contribution in [0.15, 0.2) is 53.9 Å². The standard InChI is InChI=1S/C18H18N2OS/c1-13-6-2-3-7-14(13)10-19-18(21)20-11-15-12-22-17-9-5-4-8-16(15)17/h2-9,12H,10-11H2,1H3,(H2,19,20,21). The van der Waals surface area contributed by atoms with Crippen molar-refractivity contribution in [1.29, 1.82) is 0 Å². The van der Waals surface area contributed by atoms with Gasteiger partial charge in [0.15, 0.2) is 0 Å². The topological polar surface area (TPSA) is 41.1 Å². The molecular formula is C18H18N2OS. The number of benzene rings is 2. The Labute approximate surface area is 134 Å². The summed E-state index contributed by atoms with van der Waals surface area (Å²) in [5, 5.41) is 9.15. The molecule has 0 spiro atoms. The highest BCUT2D eigenvalue weighted by atomic mass is 32.1. The summed E-state index contributed by atoms with van der Waals surface area (Å²) in [5.41, 5.74) is 3.48. The van der Waals surface area contributed by atoms with Crippen LogP contribution in [-0.4, -0.2) is 6.03 Å². The van der Waals surface area contributed by atoms with Crippen molar-refractivity contribution in [2.24, 2.45) is 0 Å². The molecule has 0 radical (unpaired) electrons. The minimum absolute atomic E-state index is 0.140. The number of aryl methyl sites for hydroxylation is 1. The van der Waals surface area contributed by atoms with E-state index in [2.05, 4.69) is 28.1 Å². The van der Waals surface area contributed by atoms with Crippen molar-refractivity contribution in [3.8, 4) is 0 Å². The van der Waals surface area contributed by atoms with Gasteiger partial charge >= 0.3 is 6.03 Å². The maximum Gasteiger partial charge on any atom is 0.315 e. The lowest BCUT2D eigenvalue weighted by atomic mass is 10.1. The molecule has 3 aromatic rings. The molecule has 0 atom stereocenters. The lowest BCUT2D eigenvalue weighted by molar-refractivity contribution is 0.240. The van der Waals surface area contributed by atoms with Gasteiger partial charge in [-0.25, -0.2) is 4.79 Å². The molecule has 0 bridgehead atoms. The monoisotopic (exact) mass is 310 g/mol. The van der Waals surface area contributed by atoms with Gasteiger partial charge in [0, 0.05) is 17.8 Å². The summed E-state index contributed by atoms with van der Waals surface area (Å²) < 4.78 is 1.25. The van der Waals surface area contributed by atoms with Crippen molar-refractivity contribution in [3.05, 3.63) is 70.6 Å². The molecule has 22 heavy (non-hydrogen) atoms. The lowest BCUT2D eigenvalue weighted by Gasteiger charge is -2.09. The van der Waals surface area contributed by atoms with Gasteiger partial charge in [-0.3, -0.25) is 0 Å². The van der Waals surface area contributed by atoms with Crippen LogP contribution >= 0.6 is 11.3 Å². The first-order valence-corrected chi connectivity index (χ1v) is 8.13. The average Bonchev–Trinajstić information content (AvgIpc) is 2.95. The zero-order chi connectivity index (χ0) is 15.4. The Morgan fingerprint density at radius 2 is 1.64 bits per heavy atom. The van der Waals surface area contributed by atoms with Crippen molar-refractivity contribution in [3.63, 3.8) is 0 Å². The Morgan fingerprint density at radius 1 is 0.955 bits per heavy atom. The third-order valence-corrected chi connectivity index (χ3v) is 4.71. The average molecular weight is 310 g/mol. The first-order valence-electron chi connectivity index (χ1n) is 7.25. The molecule has 2 N–H and O–H groups in total. The molecule has 0 aliphatic heterocycles. The fourth-order valence-corrected chi connectivity index (χ4v) is 3.35. The van der Waals surface area contributed by atoms with E-state index in [1.165, 1.54) is 15.6 Å². The molecule has 0 fully saturated rings. The number of carbonyl (C=O) groups is 1. The van der Waals surface area contributed by atoms with E-state index >= 15 is 0 Å². The molecule has 0 aliphatic carbocycles. The summed E-state index contributed by atoms with van der Waals surface area (Å²) in [4.78, 5) is 11.9. The van der Waals surface area contributed by atoms with Crippen LogP contribution in [0, 0.1) is 6.92 Å². The number of nitrogens with one attached hydrogen (secondary N) is 2. The highest BCUT2D eigenvalue weighted by Crippen LogP contribution is 2.25. The number of urea groups is 1. The summed E-state index contributed by atoms with van der Waals surface area (Å²) in [5.74, 6) is 0. The second kappa shape index (κ2) is 6.62. The van der Waals surface area contributed by atoms with Crippen LogP contribution < -0.4 is 10.6 Å². The molecule has 112 valence electrons. The minimum atomic E-state index is -0.140. The van der Waals surface area contributed by atoms with Crippen LogP contribution in [0.4, 0.5) is 4.79 Å². The Kier molecular flexibility index (Phi) is 4.39. The van der Waals surface area contributed by atoms with Crippen LogP contribution in [0.5, 0.6) is 0 Å². The molecule has 0 unspecified atom stereocenters. The van der Waals surface area contributed by atoms with Gasteiger partial charge in [0.2, 0.25) is 0 Å². The second-order valence-electron chi connectivity index (χ2n) is 5.22. The maximum atomic E-state index is 11.9. The van der Waals surface area contributed by atoms with Gasteiger partial charge in [0.1, 0.15) is 0 Å². The van der Waals surface area contributed by atoms with Gasteiger partial charge < -0.3 is 10.6 Å². The first-order chi connectivity index (χ1) is 10.7. The number of amides is 2. The van der Waals surface area contributed by atoms with E-state index in [-0.39, 0.29) is 6.03 Å². The maximum absolute atomic E-state index is 11.9. The third-order valence-electron chi connectivity index (χ3n) is 3.70. The summed E-state index contributed by atoms with van der Waals surface area (Å²) in [6, 6.07) is 16.2. The zero-order valence-corrected chi connectivity index (χ0v) is 13.2. The van der Waals surface area contributed by atoms with Gasteiger partial charge in [0.05, 0.1) is 0 Å². The fourth-order valence-electron chi connectivity index (χ4n) is 2.39. The highest BCUT2D eigenvalue weighted by Gasteiger charge is 2.06. The highest BCUT2D eigenvalue weighted by molar-refractivity contribution is 7.17. The van der Waals surface area contributed by atoms with Crippen LogP contribution in [0.3, 0.4) is 0 Å². The summed E-state index contributed by atoms with van der Waals surface area (Å²) >= 11 is 1.71. The minimum Gasteiger partial charge on any atom is -0.334 e. The smallest absolute Gasteiger partial charge is 0.315 e. The summed E-state index contributed by atoms with van der Waals surface area (Å²) in [6.45, 7) is 3.14. The predicted octanol–water partition coefficient (Wildman–Crippen LogP) is 4.21. The Morgan fingerprint density at radius 3 is 2.45 bits per heavy atom. The molecule has 4 heteroatoms.